The molecule has 1 aliphatic rings. The molecule has 41 heavy (non-hydrogen) atoms. The van der Waals surface area contributed by atoms with E-state index in [0.29, 0.717) is 48.8 Å². The smallest absolute Gasteiger partial charge is 0.338 e. The Hall–Kier alpha value is -3.37. The van der Waals surface area contributed by atoms with E-state index in [-0.39, 0.29) is 18.8 Å². The van der Waals surface area contributed by atoms with E-state index in [1.165, 1.54) is 22.7 Å². The minimum Gasteiger partial charge on any atom is -0.490 e. The number of thiazole rings is 1. The van der Waals surface area contributed by atoms with Crippen LogP contribution >= 0.6 is 45.9 Å². The fourth-order valence-electron chi connectivity index (χ4n) is 4.45. The van der Waals surface area contributed by atoms with E-state index in [1.807, 2.05) is 48.7 Å². The van der Waals surface area contributed by atoms with Gasteiger partial charge in [-0.15, -0.1) is 11.3 Å². The van der Waals surface area contributed by atoms with E-state index in [1.54, 1.807) is 36.6 Å². The van der Waals surface area contributed by atoms with Gasteiger partial charge in [0, 0.05) is 4.88 Å². The minimum atomic E-state index is -0.608. The highest BCUT2D eigenvalue weighted by atomic mass is 35.5. The van der Waals surface area contributed by atoms with Crippen molar-refractivity contribution in [2.75, 3.05) is 13.2 Å². The van der Waals surface area contributed by atoms with Crippen LogP contribution in [0.3, 0.4) is 0 Å². The number of allylic oxidation sites excluding steroid dienone is 1. The molecule has 0 radical (unpaired) electrons. The maximum Gasteiger partial charge on any atom is 0.338 e. The molecule has 7 nitrogen and oxygen atoms in total. The zero-order valence-electron chi connectivity index (χ0n) is 22.5. The highest BCUT2D eigenvalue weighted by Gasteiger charge is 2.33. The van der Waals surface area contributed by atoms with E-state index in [0.717, 1.165) is 16.0 Å². The Balaban J connectivity index is 1.51. The quantitative estimate of drug-likeness (QED) is 0.208. The second-order valence-electron chi connectivity index (χ2n) is 8.99. The van der Waals surface area contributed by atoms with Gasteiger partial charge in [0.15, 0.2) is 16.3 Å². The normalized spacial score (nSPS) is 15.0. The molecule has 1 aliphatic heterocycles. The summed E-state index contributed by atoms with van der Waals surface area (Å²) in [5.74, 6) is 0.633. The van der Waals surface area contributed by atoms with Crippen LogP contribution in [0.15, 0.2) is 75.0 Å². The summed E-state index contributed by atoms with van der Waals surface area (Å²) >= 11 is 14.9. The molecule has 0 saturated carbocycles. The lowest BCUT2D eigenvalue weighted by atomic mass is 10.0. The standard InChI is InChI=1S/C30H26Cl2N2O5S2/c1-4-37-23-14-18(9-11-22(23)39-16-19-8-10-20(31)21(32)13-19)15-25-28(35)34-27(24-7-6-12-40-24)26(29(36)38-5-2)17(3)33-30(34)41-25/h6-15,27H,4-5,16H2,1-3H3/b25-15-/t27-/m1/s1. The number of rotatable bonds is 9. The summed E-state index contributed by atoms with van der Waals surface area (Å²) < 4.78 is 19.3. The Bertz CT molecular complexity index is 1810. The second-order valence-corrected chi connectivity index (χ2v) is 11.8. The van der Waals surface area contributed by atoms with Crippen molar-refractivity contribution in [3.63, 3.8) is 0 Å². The second kappa shape index (κ2) is 12.7. The van der Waals surface area contributed by atoms with Crippen molar-refractivity contribution in [2.24, 2.45) is 4.99 Å². The third kappa shape index (κ3) is 6.13. The lowest BCUT2D eigenvalue weighted by Gasteiger charge is -2.23. The van der Waals surface area contributed by atoms with Crippen LogP contribution in [0, 0.1) is 0 Å². The largest absolute Gasteiger partial charge is 0.490 e. The van der Waals surface area contributed by atoms with Crippen LogP contribution in [0.2, 0.25) is 10.0 Å². The molecule has 2 aromatic heterocycles. The number of hydrogen-bond donors (Lipinski definition) is 0. The summed E-state index contributed by atoms with van der Waals surface area (Å²) in [6.07, 6.45) is 1.80. The van der Waals surface area contributed by atoms with E-state index in [2.05, 4.69) is 4.99 Å². The van der Waals surface area contributed by atoms with E-state index in [4.69, 9.17) is 37.4 Å². The van der Waals surface area contributed by atoms with Gasteiger partial charge in [-0.3, -0.25) is 9.36 Å². The first-order valence-electron chi connectivity index (χ1n) is 12.9. The number of halogens is 2. The maximum absolute atomic E-state index is 13.8. The fraction of sp³-hybridized carbons (Fsp3) is 0.233. The number of esters is 1. The molecule has 0 N–H and O–H groups in total. The molecule has 0 aliphatic carbocycles. The van der Waals surface area contributed by atoms with Crippen molar-refractivity contribution in [3.05, 3.63) is 111 Å². The average molecular weight is 630 g/mol. The molecule has 5 rings (SSSR count). The molecule has 0 spiro atoms. The monoisotopic (exact) mass is 628 g/mol. The molecule has 1 atom stereocenters. The van der Waals surface area contributed by atoms with E-state index >= 15 is 0 Å². The Morgan fingerprint density at radius 1 is 1.05 bits per heavy atom. The number of hydrogen-bond acceptors (Lipinski definition) is 8. The van der Waals surface area contributed by atoms with Crippen LogP contribution in [-0.4, -0.2) is 23.8 Å². The molecular weight excluding hydrogens is 603 g/mol. The van der Waals surface area contributed by atoms with E-state index in [9.17, 15) is 9.59 Å². The van der Waals surface area contributed by atoms with Crippen LogP contribution in [0.5, 0.6) is 11.5 Å². The van der Waals surface area contributed by atoms with Crippen LogP contribution in [0.1, 0.15) is 42.8 Å². The molecule has 0 bridgehead atoms. The number of nitrogens with zero attached hydrogens (tertiary/aromatic N) is 2. The fourth-order valence-corrected chi connectivity index (χ4v) is 6.64. The first kappa shape index (κ1) is 29.1. The van der Waals surface area contributed by atoms with Crippen LogP contribution in [0.25, 0.3) is 6.08 Å². The number of carbonyl (C=O) groups is 1. The molecule has 2 aromatic carbocycles. The van der Waals surface area contributed by atoms with Crippen molar-refractivity contribution in [3.8, 4) is 11.5 Å². The highest BCUT2D eigenvalue weighted by Crippen LogP contribution is 2.33. The average Bonchev–Trinajstić information content (AvgIpc) is 3.58. The van der Waals surface area contributed by atoms with Crippen molar-refractivity contribution < 1.29 is 19.0 Å². The number of fused-ring (bicyclic) bond motifs is 1. The zero-order valence-corrected chi connectivity index (χ0v) is 25.6. The number of carbonyl (C=O) groups excluding carboxylic acids is 1. The van der Waals surface area contributed by atoms with Gasteiger partial charge in [0.2, 0.25) is 0 Å². The topological polar surface area (TPSA) is 79.1 Å². The van der Waals surface area contributed by atoms with Crippen LogP contribution in [-0.2, 0) is 16.1 Å². The zero-order chi connectivity index (χ0) is 29.1. The van der Waals surface area contributed by atoms with Gasteiger partial charge in [-0.1, -0.05) is 52.7 Å². The van der Waals surface area contributed by atoms with Gasteiger partial charge in [0.1, 0.15) is 12.6 Å². The van der Waals surface area contributed by atoms with Gasteiger partial charge < -0.3 is 14.2 Å². The Morgan fingerprint density at radius 2 is 1.88 bits per heavy atom. The number of thiophene rings is 1. The number of ether oxygens (including phenoxy) is 3. The summed E-state index contributed by atoms with van der Waals surface area (Å²) in [5, 5.41) is 2.86. The molecule has 0 unspecified atom stereocenters. The van der Waals surface area contributed by atoms with Gasteiger partial charge in [-0.2, -0.15) is 0 Å². The third-order valence-corrected chi connectivity index (χ3v) is 8.92. The van der Waals surface area contributed by atoms with Gasteiger partial charge in [0.25, 0.3) is 5.56 Å². The summed E-state index contributed by atoms with van der Waals surface area (Å²) in [6, 6.07) is 14.0. The molecule has 4 aromatic rings. The summed E-state index contributed by atoms with van der Waals surface area (Å²) in [7, 11) is 0. The van der Waals surface area contributed by atoms with Gasteiger partial charge in [-0.25, -0.2) is 9.79 Å². The van der Waals surface area contributed by atoms with Crippen molar-refractivity contribution in [1.82, 2.24) is 4.57 Å². The van der Waals surface area contributed by atoms with Crippen LogP contribution < -0.4 is 24.4 Å². The van der Waals surface area contributed by atoms with Gasteiger partial charge in [-0.05, 0) is 73.7 Å². The summed E-state index contributed by atoms with van der Waals surface area (Å²) in [6.45, 7) is 6.36. The predicted molar refractivity (Wildman–Crippen MR) is 163 cm³/mol. The van der Waals surface area contributed by atoms with Crippen LogP contribution in [0.4, 0.5) is 0 Å². The first-order chi connectivity index (χ1) is 19.8. The van der Waals surface area contributed by atoms with Gasteiger partial charge >= 0.3 is 5.97 Å². The molecule has 0 saturated heterocycles. The lowest BCUT2D eigenvalue weighted by Crippen LogP contribution is -2.39. The number of aromatic nitrogens is 1. The summed E-state index contributed by atoms with van der Waals surface area (Å²) in [5.41, 5.74) is 2.30. The molecule has 212 valence electrons. The maximum atomic E-state index is 13.8. The van der Waals surface area contributed by atoms with E-state index < -0.39 is 12.0 Å². The molecule has 0 fully saturated rings. The Morgan fingerprint density at radius 3 is 2.59 bits per heavy atom. The molecule has 11 heteroatoms. The molecule has 3 heterocycles. The number of benzene rings is 2. The summed E-state index contributed by atoms with van der Waals surface area (Å²) in [4.78, 5) is 32.7. The Labute approximate surface area is 254 Å². The van der Waals surface area contributed by atoms with Gasteiger partial charge in [0.05, 0.1) is 39.1 Å². The van der Waals surface area contributed by atoms with Crippen molar-refractivity contribution in [1.29, 1.82) is 0 Å². The first-order valence-corrected chi connectivity index (χ1v) is 15.3. The predicted octanol–water partition coefficient (Wildman–Crippen LogP) is 6.14. The molecular formula is C30H26Cl2N2O5S2. The highest BCUT2D eigenvalue weighted by molar-refractivity contribution is 7.10. The SMILES string of the molecule is CCOC(=O)C1=C(C)N=c2s/c(=C\c3ccc(OCc4ccc(Cl)c(Cl)c4)c(OCC)c3)c(=O)n2[C@@H]1c1cccs1. The third-order valence-electron chi connectivity index (χ3n) is 6.27. The lowest BCUT2D eigenvalue weighted by molar-refractivity contribution is -0.139. The molecule has 0 amide bonds. The minimum absolute atomic E-state index is 0.229. The van der Waals surface area contributed by atoms with Crippen molar-refractivity contribution >= 4 is 57.9 Å². The Kier molecular flexibility index (Phi) is 8.99. The van der Waals surface area contributed by atoms with Crippen molar-refractivity contribution in [2.45, 2.75) is 33.4 Å².